The molecule has 138 valence electrons. The fourth-order valence-electron chi connectivity index (χ4n) is 3.41. The number of nitrogens with one attached hydrogen (secondary N) is 1. The van der Waals surface area contributed by atoms with Crippen LogP contribution in [0.1, 0.15) is 29.9 Å². The van der Waals surface area contributed by atoms with Crippen LogP contribution in [0.25, 0.3) is 22.1 Å². The molecular weight excluding hydrogens is 340 g/mol. The average molecular weight is 362 g/mol. The number of aryl methyl sites for hydroxylation is 1. The van der Waals surface area contributed by atoms with Gasteiger partial charge in [-0.25, -0.2) is 0 Å². The van der Waals surface area contributed by atoms with Crippen molar-refractivity contribution in [2.45, 2.75) is 26.9 Å². The third-order valence-corrected chi connectivity index (χ3v) is 4.66. The maximum atomic E-state index is 12.8. The highest BCUT2D eigenvalue weighted by Crippen LogP contribution is 2.31. The van der Waals surface area contributed by atoms with Gasteiger partial charge in [0.2, 0.25) is 0 Å². The predicted molar refractivity (Wildman–Crippen MR) is 106 cm³/mol. The molecule has 0 saturated heterocycles. The summed E-state index contributed by atoms with van der Waals surface area (Å²) >= 11 is 0. The second-order valence-corrected chi connectivity index (χ2v) is 6.34. The van der Waals surface area contributed by atoms with Crippen LogP contribution in [0.5, 0.6) is 5.75 Å². The number of amides is 1. The van der Waals surface area contributed by atoms with Crippen LogP contribution < -0.4 is 10.1 Å². The van der Waals surface area contributed by atoms with Gasteiger partial charge >= 0.3 is 0 Å². The minimum atomic E-state index is -0.110. The lowest BCUT2D eigenvalue weighted by molar-refractivity contribution is 0.0942. The van der Waals surface area contributed by atoms with Gasteiger partial charge in [0.25, 0.3) is 5.91 Å². The molecule has 5 heteroatoms. The largest absolute Gasteiger partial charge is 0.494 e. The molecule has 0 bridgehead atoms. The number of carbonyl (C=O) groups excluding carboxylic acids is 1. The van der Waals surface area contributed by atoms with Crippen molar-refractivity contribution in [3.63, 3.8) is 0 Å². The van der Waals surface area contributed by atoms with Gasteiger partial charge in [-0.3, -0.25) is 4.79 Å². The fourth-order valence-corrected chi connectivity index (χ4v) is 3.41. The number of para-hydroxylation sites is 1. The minimum Gasteiger partial charge on any atom is -0.494 e. The molecule has 5 nitrogen and oxygen atoms in total. The Hall–Kier alpha value is -3.21. The molecule has 0 atom stereocenters. The summed E-state index contributed by atoms with van der Waals surface area (Å²) in [5.74, 6) is 0.723. The maximum absolute atomic E-state index is 12.8. The standard InChI is InChI=1S/C22H22N2O3/c1-3-24-18(13-20-21(24)17-7-5-6-8-19(17)27-20)22(25)23-14-15-9-11-16(12-10-15)26-4-2/h5-13H,3-4,14H2,1-2H3,(H,23,25). The van der Waals surface area contributed by atoms with Gasteiger partial charge in [-0.05, 0) is 43.7 Å². The number of carbonyl (C=O) groups is 1. The minimum absolute atomic E-state index is 0.110. The van der Waals surface area contributed by atoms with E-state index >= 15 is 0 Å². The number of fused-ring (bicyclic) bond motifs is 3. The molecule has 0 unspecified atom stereocenters. The fraction of sp³-hybridized carbons (Fsp3) is 0.227. The van der Waals surface area contributed by atoms with Crippen molar-refractivity contribution in [1.29, 1.82) is 0 Å². The van der Waals surface area contributed by atoms with Crippen LogP contribution in [-0.2, 0) is 13.1 Å². The number of furan rings is 1. The molecule has 0 aliphatic carbocycles. The molecule has 2 heterocycles. The van der Waals surface area contributed by atoms with Crippen LogP contribution in [-0.4, -0.2) is 17.1 Å². The number of aromatic nitrogens is 1. The molecule has 2 aromatic heterocycles. The number of rotatable bonds is 6. The van der Waals surface area contributed by atoms with Gasteiger partial charge in [0.1, 0.15) is 17.0 Å². The summed E-state index contributed by atoms with van der Waals surface area (Å²) in [5.41, 5.74) is 4.19. The molecule has 4 aromatic rings. The zero-order valence-corrected chi connectivity index (χ0v) is 15.5. The van der Waals surface area contributed by atoms with Crippen LogP contribution in [0.15, 0.2) is 59.0 Å². The van der Waals surface area contributed by atoms with Gasteiger partial charge in [-0.2, -0.15) is 0 Å². The van der Waals surface area contributed by atoms with E-state index < -0.39 is 0 Å². The highest BCUT2D eigenvalue weighted by atomic mass is 16.5. The third kappa shape index (κ3) is 3.16. The lowest BCUT2D eigenvalue weighted by Crippen LogP contribution is -2.25. The van der Waals surface area contributed by atoms with E-state index in [4.69, 9.17) is 9.15 Å². The molecule has 0 aliphatic rings. The molecular formula is C22H22N2O3. The smallest absolute Gasteiger partial charge is 0.268 e. The maximum Gasteiger partial charge on any atom is 0.268 e. The Morgan fingerprint density at radius 3 is 2.59 bits per heavy atom. The Morgan fingerprint density at radius 2 is 1.85 bits per heavy atom. The quantitative estimate of drug-likeness (QED) is 0.539. The summed E-state index contributed by atoms with van der Waals surface area (Å²) in [7, 11) is 0. The third-order valence-electron chi connectivity index (χ3n) is 4.66. The SMILES string of the molecule is CCOc1ccc(CNC(=O)c2cc3oc4ccccc4c3n2CC)cc1. The van der Waals surface area contributed by atoms with Crippen molar-refractivity contribution in [3.05, 3.63) is 65.9 Å². The molecule has 1 N–H and O–H groups in total. The Kier molecular flexibility index (Phi) is 4.59. The van der Waals surface area contributed by atoms with Crippen molar-refractivity contribution in [3.8, 4) is 5.75 Å². The van der Waals surface area contributed by atoms with Crippen LogP contribution in [0.2, 0.25) is 0 Å². The summed E-state index contributed by atoms with van der Waals surface area (Å²) in [6, 6.07) is 17.5. The lowest BCUT2D eigenvalue weighted by atomic mass is 10.2. The van der Waals surface area contributed by atoms with Gasteiger partial charge in [0.05, 0.1) is 12.1 Å². The first-order chi connectivity index (χ1) is 13.2. The zero-order valence-electron chi connectivity index (χ0n) is 15.5. The van der Waals surface area contributed by atoms with Crippen molar-refractivity contribution >= 4 is 28.0 Å². The summed E-state index contributed by atoms with van der Waals surface area (Å²) in [5, 5.41) is 4.03. The molecule has 0 spiro atoms. The highest BCUT2D eigenvalue weighted by molar-refractivity contribution is 6.07. The molecule has 2 aromatic carbocycles. The van der Waals surface area contributed by atoms with Gasteiger partial charge in [-0.15, -0.1) is 0 Å². The van der Waals surface area contributed by atoms with Gasteiger partial charge in [-0.1, -0.05) is 24.3 Å². The number of nitrogens with zero attached hydrogens (tertiary/aromatic N) is 1. The molecule has 1 amide bonds. The number of ether oxygens (including phenoxy) is 1. The topological polar surface area (TPSA) is 56.4 Å². The summed E-state index contributed by atoms with van der Waals surface area (Å²) in [6.07, 6.45) is 0. The highest BCUT2D eigenvalue weighted by Gasteiger charge is 2.19. The zero-order chi connectivity index (χ0) is 18.8. The van der Waals surface area contributed by atoms with E-state index in [1.54, 1.807) is 0 Å². The first-order valence-corrected chi connectivity index (χ1v) is 9.22. The Bertz CT molecular complexity index is 1090. The van der Waals surface area contributed by atoms with Crippen molar-refractivity contribution in [2.24, 2.45) is 0 Å². The van der Waals surface area contributed by atoms with E-state index in [-0.39, 0.29) is 5.91 Å². The first-order valence-electron chi connectivity index (χ1n) is 9.22. The van der Waals surface area contributed by atoms with Crippen LogP contribution >= 0.6 is 0 Å². The van der Waals surface area contributed by atoms with Crippen LogP contribution in [0.3, 0.4) is 0 Å². The Balaban J connectivity index is 1.57. The summed E-state index contributed by atoms with van der Waals surface area (Å²) in [4.78, 5) is 12.8. The normalized spacial score (nSPS) is 11.2. The molecule has 0 fully saturated rings. The molecule has 4 rings (SSSR count). The monoisotopic (exact) mass is 362 g/mol. The Labute approximate surface area is 157 Å². The van der Waals surface area contributed by atoms with Crippen molar-refractivity contribution in [1.82, 2.24) is 9.88 Å². The van der Waals surface area contributed by atoms with E-state index in [1.807, 2.05) is 73.0 Å². The van der Waals surface area contributed by atoms with E-state index in [9.17, 15) is 4.79 Å². The second kappa shape index (κ2) is 7.19. The first kappa shape index (κ1) is 17.2. The Morgan fingerprint density at radius 1 is 1.07 bits per heavy atom. The van der Waals surface area contributed by atoms with Crippen LogP contribution in [0, 0.1) is 0 Å². The number of hydrogen-bond donors (Lipinski definition) is 1. The van der Waals surface area contributed by atoms with Crippen molar-refractivity contribution in [2.75, 3.05) is 6.61 Å². The van der Waals surface area contributed by atoms with Gasteiger partial charge in [0, 0.05) is 24.5 Å². The van der Waals surface area contributed by atoms with E-state index in [0.29, 0.717) is 25.4 Å². The predicted octanol–water partition coefficient (Wildman–Crippen LogP) is 4.74. The number of hydrogen-bond acceptors (Lipinski definition) is 3. The molecule has 0 saturated carbocycles. The number of benzene rings is 2. The van der Waals surface area contributed by atoms with Crippen molar-refractivity contribution < 1.29 is 13.9 Å². The summed E-state index contributed by atoms with van der Waals surface area (Å²) in [6.45, 7) is 5.78. The lowest BCUT2D eigenvalue weighted by Gasteiger charge is -2.09. The second-order valence-electron chi connectivity index (χ2n) is 6.34. The molecule has 0 aliphatic heterocycles. The molecule has 0 radical (unpaired) electrons. The van der Waals surface area contributed by atoms with E-state index in [1.165, 1.54) is 0 Å². The molecule has 27 heavy (non-hydrogen) atoms. The van der Waals surface area contributed by atoms with E-state index in [2.05, 4.69) is 5.32 Å². The van der Waals surface area contributed by atoms with Gasteiger partial charge in [0.15, 0.2) is 5.58 Å². The van der Waals surface area contributed by atoms with E-state index in [0.717, 1.165) is 33.4 Å². The average Bonchev–Trinajstić information content (AvgIpc) is 3.23. The summed E-state index contributed by atoms with van der Waals surface area (Å²) < 4.78 is 13.4. The van der Waals surface area contributed by atoms with Gasteiger partial charge < -0.3 is 19.0 Å². The van der Waals surface area contributed by atoms with Crippen LogP contribution in [0.4, 0.5) is 0 Å².